The normalized spacial score (nSPS) is 19.5. The Kier molecular flexibility index (Phi) is 5.47. The van der Waals surface area contributed by atoms with Gasteiger partial charge in [-0.15, -0.1) is 0 Å². The smallest absolute Gasteiger partial charge is 0.229 e. The molecule has 4 rings (SSSR count). The van der Waals surface area contributed by atoms with Crippen LogP contribution in [0.4, 0.5) is 5.69 Å². The quantitative estimate of drug-likeness (QED) is 0.637. The summed E-state index contributed by atoms with van der Waals surface area (Å²) in [7, 11) is 0. The summed E-state index contributed by atoms with van der Waals surface area (Å²) < 4.78 is 0.989. The fraction of sp³-hybridized carbons (Fsp3) is 0.273. The zero-order valence-electron chi connectivity index (χ0n) is 15.6. The van der Waals surface area contributed by atoms with Gasteiger partial charge in [0.15, 0.2) is 0 Å². The minimum atomic E-state index is -0.167. The molecule has 2 aliphatic heterocycles. The average molecular weight is 454 g/mol. The number of benzene rings is 2. The Labute approximate surface area is 178 Å². The van der Waals surface area contributed by atoms with Crippen LogP contribution in [-0.4, -0.2) is 23.4 Å². The molecule has 0 radical (unpaired) electrons. The number of carbonyl (C=O) groups is 1. The van der Waals surface area contributed by atoms with E-state index in [1.807, 2.05) is 24.3 Å². The van der Waals surface area contributed by atoms with E-state index in [2.05, 4.69) is 58.1 Å². The van der Waals surface area contributed by atoms with Crippen LogP contribution in [0.1, 0.15) is 30.4 Å². The molecule has 2 heterocycles. The molecule has 2 aliphatic rings. The van der Waals surface area contributed by atoms with Gasteiger partial charge in [-0.1, -0.05) is 58.9 Å². The number of fused-ring (bicyclic) bond motifs is 1. The summed E-state index contributed by atoms with van der Waals surface area (Å²) in [5.74, 6) is 0.632. The first-order valence-electron chi connectivity index (χ1n) is 9.27. The summed E-state index contributed by atoms with van der Waals surface area (Å²) in [6.45, 7) is 2.63. The van der Waals surface area contributed by atoms with Crippen molar-refractivity contribution in [2.45, 2.75) is 25.7 Å². The van der Waals surface area contributed by atoms with Gasteiger partial charge in [-0.05, 0) is 41.8 Å². The van der Waals surface area contributed by atoms with E-state index in [4.69, 9.17) is 0 Å². The Morgan fingerprint density at radius 1 is 1.18 bits per heavy atom. The third kappa shape index (κ3) is 3.57. The van der Waals surface area contributed by atoms with Crippen molar-refractivity contribution in [1.82, 2.24) is 4.90 Å². The van der Waals surface area contributed by atoms with Gasteiger partial charge in [0.25, 0.3) is 0 Å². The Bertz CT molecular complexity index is 963. The minimum absolute atomic E-state index is 0.0734. The van der Waals surface area contributed by atoms with Crippen LogP contribution in [0.2, 0.25) is 0 Å². The number of aryl methyl sites for hydroxylation is 1. The van der Waals surface area contributed by atoms with Crippen LogP contribution in [0.25, 0.3) is 0 Å². The Morgan fingerprint density at radius 3 is 2.54 bits per heavy atom. The molecule has 0 N–H and O–H groups in total. The first-order chi connectivity index (χ1) is 13.6. The minimum Gasteiger partial charge on any atom is -0.344 e. The molecule has 0 saturated carbocycles. The van der Waals surface area contributed by atoms with E-state index in [0.717, 1.165) is 33.1 Å². The maximum absolute atomic E-state index is 13.0. The van der Waals surface area contributed by atoms with E-state index in [9.17, 15) is 10.1 Å². The SMILES string of the molecule is CCc1ccc(N2CSC3=C(C#N)[C@H](c4ccc(Br)cc4)CC(=O)N3C2)cc1. The van der Waals surface area contributed by atoms with Crippen molar-refractivity contribution in [1.29, 1.82) is 5.26 Å². The molecule has 1 fully saturated rings. The molecule has 0 unspecified atom stereocenters. The molecule has 0 spiro atoms. The van der Waals surface area contributed by atoms with Gasteiger partial charge < -0.3 is 4.90 Å². The summed E-state index contributed by atoms with van der Waals surface area (Å²) in [6, 6.07) is 18.8. The third-order valence-electron chi connectivity index (χ3n) is 5.28. The largest absolute Gasteiger partial charge is 0.344 e. The second-order valence-corrected chi connectivity index (χ2v) is 8.78. The van der Waals surface area contributed by atoms with Crippen molar-refractivity contribution < 1.29 is 4.79 Å². The van der Waals surface area contributed by atoms with Gasteiger partial charge in [-0.3, -0.25) is 9.69 Å². The standard InChI is InChI=1S/C22H20BrN3OS/c1-2-15-3-9-18(10-4-15)25-13-26-21(27)11-19(16-5-7-17(23)8-6-16)20(12-24)22(26)28-14-25/h3-10,19H,2,11,13-14H2,1H3/t19-/m0/s1. The second kappa shape index (κ2) is 8.02. The molecule has 0 aliphatic carbocycles. The summed E-state index contributed by atoms with van der Waals surface area (Å²) in [5.41, 5.74) is 4.11. The maximum atomic E-state index is 13.0. The molecule has 0 bridgehead atoms. The Balaban J connectivity index is 1.62. The molecule has 0 aromatic heterocycles. The van der Waals surface area contributed by atoms with Crippen LogP contribution in [-0.2, 0) is 11.2 Å². The first kappa shape index (κ1) is 19.1. The monoisotopic (exact) mass is 453 g/mol. The van der Waals surface area contributed by atoms with Crippen LogP contribution in [0.3, 0.4) is 0 Å². The van der Waals surface area contributed by atoms with Crippen LogP contribution in [0.5, 0.6) is 0 Å². The van der Waals surface area contributed by atoms with Gasteiger partial charge >= 0.3 is 0 Å². The zero-order chi connectivity index (χ0) is 19.7. The summed E-state index contributed by atoms with van der Waals surface area (Å²) in [6.07, 6.45) is 1.34. The number of rotatable bonds is 3. The number of hydrogen-bond acceptors (Lipinski definition) is 4. The van der Waals surface area contributed by atoms with Gasteiger partial charge in [0.1, 0.15) is 0 Å². The molecule has 2 aromatic carbocycles. The highest BCUT2D eigenvalue weighted by Crippen LogP contribution is 2.43. The topological polar surface area (TPSA) is 47.3 Å². The molecule has 1 saturated heterocycles. The van der Waals surface area contributed by atoms with Gasteiger partial charge in [0.2, 0.25) is 5.91 Å². The van der Waals surface area contributed by atoms with Crippen LogP contribution in [0, 0.1) is 11.3 Å². The van der Waals surface area contributed by atoms with E-state index in [0.29, 0.717) is 18.7 Å². The van der Waals surface area contributed by atoms with E-state index < -0.39 is 0 Å². The van der Waals surface area contributed by atoms with Gasteiger partial charge in [-0.2, -0.15) is 5.26 Å². The van der Waals surface area contributed by atoms with Gasteiger partial charge in [-0.25, -0.2) is 0 Å². The van der Waals surface area contributed by atoms with Crippen molar-refractivity contribution >= 4 is 39.3 Å². The van der Waals surface area contributed by atoms with Crippen molar-refractivity contribution in [2.75, 3.05) is 17.4 Å². The lowest BCUT2D eigenvalue weighted by molar-refractivity contribution is -0.129. The number of thioether (sulfide) groups is 1. The lowest BCUT2D eigenvalue weighted by Crippen LogP contribution is -2.47. The zero-order valence-corrected chi connectivity index (χ0v) is 18.0. The molecule has 142 valence electrons. The van der Waals surface area contributed by atoms with E-state index in [-0.39, 0.29) is 11.8 Å². The Hall–Kier alpha value is -2.23. The van der Waals surface area contributed by atoms with Gasteiger partial charge in [0.05, 0.1) is 29.2 Å². The molecule has 28 heavy (non-hydrogen) atoms. The van der Waals surface area contributed by atoms with E-state index in [1.165, 1.54) is 5.56 Å². The molecule has 2 aromatic rings. The fourth-order valence-electron chi connectivity index (χ4n) is 3.65. The molecule has 1 atom stereocenters. The van der Waals surface area contributed by atoms with Crippen molar-refractivity contribution in [3.05, 3.63) is 74.7 Å². The number of nitrogens with zero attached hydrogens (tertiary/aromatic N) is 3. The van der Waals surface area contributed by atoms with Crippen molar-refractivity contribution in [3.8, 4) is 6.07 Å². The highest BCUT2D eigenvalue weighted by atomic mass is 79.9. The Morgan fingerprint density at radius 2 is 1.89 bits per heavy atom. The number of amides is 1. The summed E-state index contributed by atoms with van der Waals surface area (Å²) in [5, 5.41) is 10.7. The molecule has 4 nitrogen and oxygen atoms in total. The number of anilines is 1. The fourth-order valence-corrected chi connectivity index (χ4v) is 5.08. The number of hydrogen-bond donors (Lipinski definition) is 0. The highest BCUT2D eigenvalue weighted by molar-refractivity contribution is 9.10. The number of allylic oxidation sites excluding steroid dienone is 1. The average Bonchev–Trinajstić information content (AvgIpc) is 2.74. The third-order valence-corrected chi connectivity index (χ3v) is 6.96. The number of halogens is 1. The molecule has 1 amide bonds. The second-order valence-electron chi connectivity index (χ2n) is 6.94. The van der Waals surface area contributed by atoms with E-state index >= 15 is 0 Å². The number of carbonyl (C=O) groups excluding carboxylic acids is 1. The predicted molar refractivity (Wildman–Crippen MR) is 117 cm³/mol. The van der Waals surface area contributed by atoms with Crippen LogP contribution >= 0.6 is 27.7 Å². The van der Waals surface area contributed by atoms with Crippen LogP contribution < -0.4 is 4.90 Å². The predicted octanol–water partition coefficient (Wildman–Crippen LogP) is 5.23. The van der Waals surface area contributed by atoms with Gasteiger partial charge in [0, 0.05) is 22.5 Å². The molecular weight excluding hydrogens is 434 g/mol. The summed E-state index contributed by atoms with van der Waals surface area (Å²) in [4.78, 5) is 16.9. The van der Waals surface area contributed by atoms with E-state index in [1.54, 1.807) is 16.7 Å². The molecule has 6 heteroatoms. The van der Waals surface area contributed by atoms with Crippen molar-refractivity contribution in [2.24, 2.45) is 0 Å². The number of nitriles is 1. The van der Waals surface area contributed by atoms with Crippen LogP contribution in [0.15, 0.2) is 63.6 Å². The molecular formula is C22H20BrN3OS. The highest BCUT2D eigenvalue weighted by Gasteiger charge is 2.38. The van der Waals surface area contributed by atoms with Crippen molar-refractivity contribution in [3.63, 3.8) is 0 Å². The first-order valence-corrected chi connectivity index (χ1v) is 11.1. The maximum Gasteiger partial charge on any atom is 0.229 e. The lowest BCUT2D eigenvalue weighted by Gasteiger charge is -2.42. The lowest BCUT2D eigenvalue weighted by atomic mass is 9.86. The summed E-state index contributed by atoms with van der Waals surface area (Å²) >= 11 is 5.02.